The lowest BCUT2D eigenvalue weighted by atomic mass is 9.91. The summed E-state index contributed by atoms with van der Waals surface area (Å²) >= 11 is 6.17. The summed E-state index contributed by atoms with van der Waals surface area (Å²) in [6.07, 6.45) is 8.59. The van der Waals surface area contributed by atoms with E-state index in [0.717, 1.165) is 27.5 Å². The number of H-pyrrole nitrogens is 1. The fourth-order valence-electron chi connectivity index (χ4n) is 6.29. The minimum absolute atomic E-state index is 0.0796. The SMILES string of the molecule is Nc1ncnc2cc(CN3C(=O)CN(Cc4cc5cc(Cl)ccc5[nH]4)C[C@H]3CN3C(=O)[C@H]4C=CC=C[C@@H]4C3=O)ccc12. The van der Waals surface area contributed by atoms with Crippen LogP contribution in [0.1, 0.15) is 11.3 Å². The summed E-state index contributed by atoms with van der Waals surface area (Å²) in [5.74, 6) is -1.11. The first-order valence-corrected chi connectivity index (χ1v) is 14.2. The Morgan fingerprint density at radius 2 is 1.74 bits per heavy atom. The number of nitrogens with one attached hydrogen (secondary N) is 1. The van der Waals surface area contributed by atoms with E-state index in [4.69, 9.17) is 17.3 Å². The van der Waals surface area contributed by atoms with Crippen molar-refractivity contribution in [2.24, 2.45) is 11.8 Å². The molecule has 0 spiro atoms. The number of fused-ring (bicyclic) bond motifs is 3. The number of hydrogen-bond acceptors (Lipinski definition) is 7. The Balaban J connectivity index is 1.17. The molecule has 3 N–H and O–H groups in total. The van der Waals surface area contributed by atoms with Gasteiger partial charge in [-0.05, 0) is 42.0 Å². The van der Waals surface area contributed by atoms with Gasteiger partial charge in [0.25, 0.3) is 0 Å². The van der Waals surface area contributed by atoms with Crippen LogP contribution in [0.15, 0.2) is 73.1 Å². The van der Waals surface area contributed by atoms with Crippen molar-refractivity contribution in [3.05, 3.63) is 89.4 Å². The molecule has 4 aromatic rings. The third-order valence-electron chi connectivity index (χ3n) is 8.34. The molecule has 2 aromatic heterocycles. The number of piperazine rings is 1. The Kier molecular flexibility index (Phi) is 6.52. The van der Waals surface area contributed by atoms with Gasteiger partial charge in [-0.3, -0.25) is 24.2 Å². The molecular weight excluding hydrogens is 554 g/mol. The predicted octanol–water partition coefficient (Wildman–Crippen LogP) is 3.29. The molecule has 3 atom stereocenters. The Hall–Kier alpha value is -4.54. The number of rotatable bonds is 6. The maximum absolute atomic E-state index is 13.7. The molecule has 2 saturated heterocycles. The van der Waals surface area contributed by atoms with Crippen LogP contribution in [0.2, 0.25) is 5.02 Å². The molecule has 10 nitrogen and oxygen atoms in total. The van der Waals surface area contributed by atoms with Gasteiger partial charge in [-0.2, -0.15) is 0 Å². The number of anilines is 1. The van der Waals surface area contributed by atoms with Gasteiger partial charge in [0.05, 0.1) is 36.5 Å². The van der Waals surface area contributed by atoms with E-state index in [1.54, 1.807) is 29.2 Å². The standard InChI is InChI=1S/C31H28ClN7O3/c32-20-6-8-26-19(10-20)11-21(36-26)13-37-14-22(15-39-30(41)23-3-1-2-4-24(23)31(39)42)38(28(40)16-37)12-18-5-7-25-27(9-18)34-17-35-29(25)33/h1-11,17,22-24,36H,12-16H2,(H2,33,34,35)/t22-,23-,24-/m0/s1. The highest BCUT2D eigenvalue weighted by Gasteiger charge is 2.47. The number of hydrogen-bond donors (Lipinski definition) is 2. The van der Waals surface area contributed by atoms with E-state index < -0.39 is 17.9 Å². The van der Waals surface area contributed by atoms with Crippen molar-refractivity contribution in [3.8, 4) is 0 Å². The largest absolute Gasteiger partial charge is 0.383 e. The number of carbonyl (C=O) groups excluding carboxylic acids is 3. The minimum atomic E-state index is -0.491. The molecule has 42 heavy (non-hydrogen) atoms. The molecule has 3 amide bonds. The van der Waals surface area contributed by atoms with Crippen molar-refractivity contribution in [2.75, 3.05) is 25.4 Å². The Morgan fingerprint density at radius 1 is 0.952 bits per heavy atom. The van der Waals surface area contributed by atoms with Crippen molar-refractivity contribution >= 4 is 56.9 Å². The monoisotopic (exact) mass is 581 g/mol. The number of likely N-dealkylation sites (tertiary alicyclic amines) is 1. The van der Waals surface area contributed by atoms with Crippen LogP contribution in [0.25, 0.3) is 21.8 Å². The Morgan fingerprint density at radius 3 is 2.52 bits per heavy atom. The van der Waals surface area contributed by atoms with E-state index in [9.17, 15) is 14.4 Å². The predicted molar refractivity (Wildman–Crippen MR) is 159 cm³/mol. The summed E-state index contributed by atoms with van der Waals surface area (Å²) in [4.78, 5) is 57.3. The van der Waals surface area contributed by atoms with Gasteiger partial charge >= 0.3 is 0 Å². The zero-order valence-electron chi connectivity index (χ0n) is 22.6. The third kappa shape index (κ3) is 4.72. The lowest BCUT2D eigenvalue weighted by Gasteiger charge is -2.42. The van der Waals surface area contributed by atoms with E-state index in [1.807, 2.05) is 42.5 Å². The van der Waals surface area contributed by atoms with Gasteiger partial charge in [0, 0.05) is 46.6 Å². The van der Waals surface area contributed by atoms with Gasteiger partial charge in [0.1, 0.15) is 12.1 Å². The quantitative estimate of drug-likeness (QED) is 0.334. The number of allylic oxidation sites excluding steroid dienone is 2. The molecule has 212 valence electrons. The molecule has 0 unspecified atom stereocenters. The van der Waals surface area contributed by atoms with Gasteiger partial charge < -0.3 is 15.6 Å². The van der Waals surface area contributed by atoms with Crippen molar-refractivity contribution in [1.82, 2.24) is 29.7 Å². The lowest BCUT2D eigenvalue weighted by molar-refractivity contribution is -0.147. The van der Waals surface area contributed by atoms with E-state index in [-0.39, 0.29) is 30.8 Å². The molecule has 11 heteroatoms. The number of benzene rings is 2. The van der Waals surface area contributed by atoms with Gasteiger partial charge in [-0.25, -0.2) is 9.97 Å². The van der Waals surface area contributed by atoms with Crippen LogP contribution in [-0.4, -0.2) is 73.0 Å². The van der Waals surface area contributed by atoms with Crippen LogP contribution in [0, 0.1) is 11.8 Å². The molecule has 2 fully saturated rings. The highest BCUT2D eigenvalue weighted by Crippen LogP contribution is 2.32. The summed E-state index contributed by atoms with van der Waals surface area (Å²) in [5, 5.41) is 2.40. The van der Waals surface area contributed by atoms with Gasteiger partial charge in [-0.15, -0.1) is 0 Å². The van der Waals surface area contributed by atoms with Crippen molar-refractivity contribution in [1.29, 1.82) is 0 Å². The molecule has 0 bridgehead atoms. The van der Waals surface area contributed by atoms with Crippen molar-refractivity contribution in [3.63, 3.8) is 0 Å². The second-order valence-electron chi connectivity index (χ2n) is 11.1. The highest BCUT2D eigenvalue weighted by molar-refractivity contribution is 6.31. The highest BCUT2D eigenvalue weighted by atomic mass is 35.5. The zero-order chi connectivity index (χ0) is 29.0. The van der Waals surface area contributed by atoms with Crippen LogP contribution < -0.4 is 5.73 Å². The summed E-state index contributed by atoms with van der Waals surface area (Å²) in [7, 11) is 0. The van der Waals surface area contributed by atoms with Crippen LogP contribution >= 0.6 is 11.6 Å². The maximum atomic E-state index is 13.7. The number of nitrogens with two attached hydrogens (primary N) is 1. The first kappa shape index (κ1) is 26.4. The number of amides is 3. The summed E-state index contributed by atoms with van der Waals surface area (Å²) in [6.45, 7) is 1.63. The minimum Gasteiger partial charge on any atom is -0.383 e. The first-order chi connectivity index (χ1) is 20.3. The molecule has 2 aromatic carbocycles. The molecule has 2 aliphatic heterocycles. The lowest BCUT2D eigenvalue weighted by Crippen LogP contribution is -2.59. The molecular formula is C31H28ClN7O3. The van der Waals surface area contributed by atoms with E-state index in [0.29, 0.717) is 36.0 Å². The molecule has 0 saturated carbocycles. The maximum Gasteiger partial charge on any atom is 0.237 e. The Labute approximate surface area is 246 Å². The van der Waals surface area contributed by atoms with Crippen LogP contribution in [-0.2, 0) is 27.5 Å². The first-order valence-electron chi connectivity index (χ1n) is 13.8. The molecule has 0 radical (unpaired) electrons. The summed E-state index contributed by atoms with van der Waals surface area (Å²) in [6, 6.07) is 13.0. The number of imide groups is 1. The topological polar surface area (TPSA) is 129 Å². The number of carbonyl (C=O) groups is 3. The van der Waals surface area contributed by atoms with Crippen LogP contribution in [0.4, 0.5) is 5.82 Å². The fraction of sp³-hybridized carbons (Fsp3) is 0.258. The number of aromatic nitrogens is 3. The van der Waals surface area contributed by atoms with Gasteiger partial charge in [0.2, 0.25) is 17.7 Å². The second kappa shape index (κ2) is 10.4. The van der Waals surface area contributed by atoms with E-state index in [1.165, 1.54) is 11.2 Å². The van der Waals surface area contributed by atoms with Crippen molar-refractivity contribution < 1.29 is 14.4 Å². The Bertz CT molecular complexity index is 1780. The third-order valence-corrected chi connectivity index (χ3v) is 8.57. The van der Waals surface area contributed by atoms with Crippen LogP contribution in [0.3, 0.4) is 0 Å². The van der Waals surface area contributed by atoms with Crippen LogP contribution in [0.5, 0.6) is 0 Å². The second-order valence-corrected chi connectivity index (χ2v) is 11.5. The molecule has 3 aliphatic rings. The zero-order valence-corrected chi connectivity index (χ0v) is 23.4. The molecule has 7 rings (SSSR count). The normalized spacial score (nSPS) is 22.6. The molecule has 4 heterocycles. The average Bonchev–Trinajstić information content (AvgIpc) is 3.48. The average molecular weight is 582 g/mol. The van der Waals surface area contributed by atoms with Gasteiger partial charge in [-0.1, -0.05) is 42.0 Å². The number of halogens is 1. The smallest absolute Gasteiger partial charge is 0.237 e. The van der Waals surface area contributed by atoms with Crippen molar-refractivity contribution in [2.45, 2.75) is 19.1 Å². The number of aromatic amines is 1. The molecule has 1 aliphatic carbocycles. The van der Waals surface area contributed by atoms with E-state index >= 15 is 0 Å². The number of nitrogens with zero attached hydrogens (tertiary/aromatic N) is 5. The number of nitrogen functional groups attached to an aromatic ring is 1. The summed E-state index contributed by atoms with van der Waals surface area (Å²) < 4.78 is 0. The van der Waals surface area contributed by atoms with E-state index in [2.05, 4.69) is 19.9 Å². The fourth-order valence-corrected chi connectivity index (χ4v) is 6.47. The summed E-state index contributed by atoms with van der Waals surface area (Å²) in [5.41, 5.74) is 9.48. The van der Waals surface area contributed by atoms with Gasteiger partial charge in [0.15, 0.2) is 0 Å².